The van der Waals surface area contributed by atoms with Crippen LogP contribution in [0.3, 0.4) is 0 Å². The Hall–Kier alpha value is -4.23. The third kappa shape index (κ3) is 5.78. The smallest absolute Gasteiger partial charge is 0.251 e. The van der Waals surface area contributed by atoms with Gasteiger partial charge < -0.3 is 9.73 Å². The first-order valence-corrected chi connectivity index (χ1v) is 13.0. The van der Waals surface area contributed by atoms with Gasteiger partial charge in [0.15, 0.2) is 6.04 Å². The minimum absolute atomic E-state index is 0.165. The number of para-hydroxylation sites is 1. The Morgan fingerprint density at radius 3 is 2.57 bits per heavy atom. The lowest BCUT2D eigenvalue weighted by Crippen LogP contribution is -2.45. The van der Waals surface area contributed by atoms with Gasteiger partial charge in [-0.2, -0.15) is 0 Å². The molecule has 186 valence electrons. The van der Waals surface area contributed by atoms with Crippen molar-refractivity contribution in [3.05, 3.63) is 118 Å². The van der Waals surface area contributed by atoms with Gasteiger partial charge >= 0.3 is 0 Å². The van der Waals surface area contributed by atoms with E-state index in [2.05, 4.69) is 10.3 Å². The van der Waals surface area contributed by atoms with Crippen LogP contribution >= 0.6 is 11.3 Å². The SMILES string of the molecule is Cc1ccc([C@H](C(=O)NCCc2ccccc2)N(C(=O)Cc2cccs2)c2cnc3ccccc3c2)o1. The molecular weight excluding hydrogens is 482 g/mol. The van der Waals surface area contributed by atoms with Crippen molar-refractivity contribution in [2.45, 2.75) is 25.8 Å². The number of thiophene rings is 1. The average molecular weight is 510 g/mol. The Labute approximate surface area is 219 Å². The molecule has 5 rings (SSSR count). The topological polar surface area (TPSA) is 75.4 Å². The van der Waals surface area contributed by atoms with Gasteiger partial charge in [0, 0.05) is 16.8 Å². The highest BCUT2D eigenvalue weighted by Crippen LogP contribution is 2.31. The van der Waals surface area contributed by atoms with E-state index in [0.717, 1.165) is 21.3 Å². The maximum atomic E-state index is 13.9. The van der Waals surface area contributed by atoms with Crippen LogP contribution in [0, 0.1) is 6.92 Å². The third-order valence-corrected chi connectivity index (χ3v) is 7.00. The molecule has 0 aliphatic rings. The zero-order valence-electron chi connectivity index (χ0n) is 20.5. The molecule has 0 fully saturated rings. The van der Waals surface area contributed by atoms with Crippen LogP contribution in [-0.2, 0) is 22.4 Å². The van der Waals surface area contributed by atoms with E-state index in [-0.39, 0.29) is 18.2 Å². The minimum Gasteiger partial charge on any atom is -0.464 e. The minimum atomic E-state index is -0.986. The Bertz CT molecular complexity index is 1500. The fraction of sp³-hybridized carbons (Fsp3) is 0.167. The lowest BCUT2D eigenvalue weighted by Gasteiger charge is -2.30. The van der Waals surface area contributed by atoms with Gasteiger partial charge in [0.05, 0.1) is 23.8 Å². The molecule has 3 aromatic heterocycles. The van der Waals surface area contributed by atoms with Crippen LogP contribution in [0.4, 0.5) is 5.69 Å². The average Bonchev–Trinajstić information content (AvgIpc) is 3.59. The summed E-state index contributed by atoms with van der Waals surface area (Å²) in [4.78, 5) is 34.6. The van der Waals surface area contributed by atoms with Crippen molar-refractivity contribution < 1.29 is 14.0 Å². The summed E-state index contributed by atoms with van der Waals surface area (Å²) in [5.41, 5.74) is 2.48. The highest BCUT2D eigenvalue weighted by Gasteiger charge is 2.35. The molecule has 1 N–H and O–H groups in total. The molecule has 2 amide bonds. The van der Waals surface area contributed by atoms with Gasteiger partial charge in [0.25, 0.3) is 5.91 Å². The molecule has 0 saturated carbocycles. The summed E-state index contributed by atoms with van der Waals surface area (Å²) < 4.78 is 5.93. The van der Waals surface area contributed by atoms with Crippen molar-refractivity contribution in [2.24, 2.45) is 0 Å². The number of aromatic nitrogens is 1. The van der Waals surface area contributed by atoms with E-state index in [1.807, 2.05) is 85.1 Å². The van der Waals surface area contributed by atoms with E-state index >= 15 is 0 Å². The fourth-order valence-corrected chi connectivity index (χ4v) is 5.02. The summed E-state index contributed by atoms with van der Waals surface area (Å²) in [5.74, 6) is 0.552. The summed E-state index contributed by atoms with van der Waals surface area (Å²) in [6, 6.07) is 26.0. The highest BCUT2D eigenvalue weighted by atomic mass is 32.1. The molecule has 2 aromatic carbocycles. The predicted octanol–water partition coefficient (Wildman–Crippen LogP) is 5.87. The molecule has 37 heavy (non-hydrogen) atoms. The monoisotopic (exact) mass is 509 g/mol. The standard InChI is InChI=1S/C30H27N3O3S/c1-21-13-14-27(36-21)29(30(35)31-16-15-22-8-3-2-4-9-22)33(28(34)19-25-11-7-17-37-25)24-18-23-10-5-6-12-26(23)32-20-24/h2-14,17-18,20,29H,15-16,19H2,1H3,(H,31,35)/t29-/m1/s1. The van der Waals surface area contributed by atoms with Crippen molar-refractivity contribution in [3.63, 3.8) is 0 Å². The number of hydrogen-bond acceptors (Lipinski definition) is 5. The number of benzene rings is 2. The number of nitrogens with one attached hydrogen (secondary N) is 1. The predicted molar refractivity (Wildman–Crippen MR) is 147 cm³/mol. The zero-order chi connectivity index (χ0) is 25.6. The van der Waals surface area contributed by atoms with Crippen molar-refractivity contribution in [2.75, 3.05) is 11.4 Å². The molecule has 0 aliphatic heterocycles. The van der Waals surface area contributed by atoms with Crippen LogP contribution in [0.5, 0.6) is 0 Å². The van der Waals surface area contributed by atoms with Gasteiger partial charge in [-0.05, 0) is 54.6 Å². The van der Waals surface area contributed by atoms with Crippen molar-refractivity contribution in [1.29, 1.82) is 0 Å². The van der Waals surface area contributed by atoms with Gasteiger partial charge in [-0.3, -0.25) is 19.5 Å². The Kier molecular flexibility index (Phi) is 7.42. The van der Waals surface area contributed by atoms with E-state index in [9.17, 15) is 9.59 Å². The molecule has 3 heterocycles. The number of rotatable bonds is 9. The Morgan fingerprint density at radius 2 is 1.81 bits per heavy atom. The number of nitrogens with zero attached hydrogens (tertiary/aromatic N) is 2. The first-order valence-electron chi connectivity index (χ1n) is 12.2. The van der Waals surface area contributed by atoms with E-state index < -0.39 is 6.04 Å². The van der Waals surface area contributed by atoms with Gasteiger partial charge in [-0.15, -0.1) is 11.3 Å². The summed E-state index contributed by atoms with van der Waals surface area (Å²) in [5, 5.41) is 5.85. The molecule has 0 spiro atoms. The summed E-state index contributed by atoms with van der Waals surface area (Å²) in [6.45, 7) is 2.26. The number of anilines is 1. The molecule has 1 atom stereocenters. The lowest BCUT2D eigenvalue weighted by atomic mass is 10.1. The number of amides is 2. The lowest BCUT2D eigenvalue weighted by molar-refractivity contribution is -0.126. The molecule has 0 unspecified atom stereocenters. The third-order valence-electron chi connectivity index (χ3n) is 6.12. The number of carbonyl (C=O) groups is 2. The van der Waals surface area contributed by atoms with Gasteiger partial charge in [0.1, 0.15) is 11.5 Å². The summed E-state index contributed by atoms with van der Waals surface area (Å²) >= 11 is 1.51. The number of hydrogen-bond donors (Lipinski definition) is 1. The van der Waals surface area contributed by atoms with Crippen molar-refractivity contribution >= 4 is 39.7 Å². The molecular formula is C30H27N3O3S. The van der Waals surface area contributed by atoms with Crippen LogP contribution in [0.15, 0.2) is 101 Å². The highest BCUT2D eigenvalue weighted by molar-refractivity contribution is 7.10. The van der Waals surface area contributed by atoms with Crippen LogP contribution in [0.1, 0.15) is 28.0 Å². The fourth-order valence-electron chi connectivity index (χ4n) is 4.32. The number of pyridine rings is 1. The van der Waals surface area contributed by atoms with Gasteiger partial charge in [-0.25, -0.2) is 0 Å². The first kappa shape index (κ1) is 24.5. The quantitative estimate of drug-likeness (QED) is 0.270. The van der Waals surface area contributed by atoms with E-state index in [4.69, 9.17) is 4.42 Å². The summed E-state index contributed by atoms with van der Waals surface area (Å²) in [6.07, 6.45) is 2.49. The van der Waals surface area contributed by atoms with Crippen molar-refractivity contribution in [1.82, 2.24) is 10.3 Å². The second-order valence-electron chi connectivity index (χ2n) is 8.78. The maximum absolute atomic E-state index is 13.9. The van der Waals surface area contributed by atoms with E-state index in [1.54, 1.807) is 18.3 Å². The number of aryl methyl sites for hydroxylation is 1. The first-order chi connectivity index (χ1) is 18.1. The van der Waals surface area contributed by atoms with Crippen LogP contribution in [0.2, 0.25) is 0 Å². The van der Waals surface area contributed by atoms with E-state index in [0.29, 0.717) is 30.2 Å². The molecule has 0 radical (unpaired) electrons. The van der Waals surface area contributed by atoms with Crippen LogP contribution < -0.4 is 10.2 Å². The Morgan fingerprint density at radius 1 is 1.00 bits per heavy atom. The molecule has 0 aliphatic carbocycles. The molecule has 0 bridgehead atoms. The molecule has 5 aromatic rings. The number of furan rings is 1. The number of fused-ring (bicyclic) bond motifs is 1. The van der Waals surface area contributed by atoms with Crippen molar-refractivity contribution in [3.8, 4) is 0 Å². The molecule has 6 nitrogen and oxygen atoms in total. The zero-order valence-corrected chi connectivity index (χ0v) is 21.3. The van der Waals surface area contributed by atoms with Gasteiger partial charge in [0.2, 0.25) is 5.91 Å². The molecule has 0 saturated heterocycles. The van der Waals surface area contributed by atoms with Crippen LogP contribution in [0.25, 0.3) is 10.9 Å². The van der Waals surface area contributed by atoms with E-state index in [1.165, 1.54) is 16.2 Å². The van der Waals surface area contributed by atoms with Crippen LogP contribution in [-0.4, -0.2) is 23.3 Å². The Balaban J connectivity index is 1.51. The largest absolute Gasteiger partial charge is 0.464 e. The second kappa shape index (κ2) is 11.2. The molecule has 7 heteroatoms. The number of carbonyl (C=O) groups excluding carboxylic acids is 2. The van der Waals surface area contributed by atoms with Gasteiger partial charge in [-0.1, -0.05) is 54.6 Å². The second-order valence-corrected chi connectivity index (χ2v) is 9.82. The normalized spacial score (nSPS) is 11.8. The maximum Gasteiger partial charge on any atom is 0.251 e. The summed E-state index contributed by atoms with van der Waals surface area (Å²) in [7, 11) is 0.